The van der Waals surface area contributed by atoms with Crippen molar-refractivity contribution in [2.24, 2.45) is 0 Å². The van der Waals surface area contributed by atoms with Crippen LogP contribution < -0.4 is 5.73 Å². The fraction of sp³-hybridized carbons (Fsp3) is 0.333. The van der Waals surface area contributed by atoms with Crippen molar-refractivity contribution in [3.63, 3.8) is 0 Å². The highest BCUT2D eigenvalue weighted by Crippen LogP contribution is 2.24. The van der Waals surface area contributed by atoms with Gasteiger partial charge < -0.3 is 5.73 Å². The van der Waals surface area contributed by atoms with Crippen molar-refractivity contribution in [3.05, 3.63) is 16.1 Å². The zero-order valence-electron chi connectivity index (χ0n) is 7.95. The molecule has 2 N–H and O–H groups in total. The maximum Gasteiger partial charge on any atom is 0.133 e. The molecule has 6 heteroatoms. The number of hydrogen-bond acceptors (Lipinski definition) is 3. The molecule has 0 unspecified atom stereocenters. The van der Waals surface area contributed by atoms with Gasteiger partial charge in [-0.3, -0.25) is 9.67 Å². The normalized spacial score (nSPS) is 11.1. The third-order valence-corrected chi connectivity index (χ3v) is 3.47. The molecule has 0 aliphatic carbocycles. The van der Waals surface area contributed by atoms with E-state index in [-0.39, 0.29) is 0 Å². The van der Waals surface area contributed by atoms with E-state index >= 15 is 0 Å². The summed E-state index contributed by atoms with van der Waals surface area (Å²) in [5.74, 6) is 0. The first-order valence-corrected chi connectivity index (χ1v) is 6.75. The standard InChI is InChI=1S/C9H10BrIN4/c10-2-1-3-15-7-5-13-4-6(12)8(7)9(11)14-15/h4-5H,1-3,12H2. The minimum absolute atomic E-state index is 0.696. The molecule has 0 aromatic carbocycles. The Labute approximate surface area is 110 Å². The molecule has 0 saturated carbocycles. The Morgan fingerprint density at radius 3 is 3.00 bits per heavy atom. The van der Waals surface area contributed by atoms with E-state index in [2.05, 4.69) is 48.6 Å². The van der Waals surface area contributed by atoms with Gasteiger partial charge in [0.25, 0.3) is 0 Å². The van der Waals surface area contributed by atoms with Crippen LogP contribution in [0.15, 0.2) is 12.4 Å². The third kappa shape index (κ3) is 2.10. The summed E-state index contributed by atoms with van der Waals surface area (Å²) >= 11 is 5.61. The number of aromatic nitrogens is 3. The van der Waals surface area contributed by atoms with Gasteiger partial charge in [-0.05, 0) is 29.0 Å². The van der Waals surface area contributed by atoms with Crippen molar-refractivity contribution in [2.75, 3.05) is 11.1 Å². The lowest BCUT2D eigenvalue weighted by molar-refractivity contribution is 0.622. The molecule has 2 aromatic rings. The highest BCUT2D eigenvalue weighted by atomic mass is 127. The summed E-state index contributed by atoms with van der Waals surface area (Å²) in [4.78, 5) is 4.09. The molecule has 0 amide bonds. The largest absolute Gasteiger partial charge is 0.397 e. The number of aryl methyl sites for hydroxylation is 1. The van der Waals surface area contributed by atoms with Crippen molar-refractivity contribution in [2.45, 2.75) is 13.0 Å². The zero-order valence-corrected chi connectivity index (χ0v) is 11.7. The molecule has 2 aromatic heterocycles. The van der Waals surface area contributed by atoms with E-state index in [0.717, 1.165) is 32.9 Å². The van der Waals surface area contributed by atoms with E-state index in [1.165, 1.54) is 0 Å². The molecule has 0 spiro atoms. The monoisotopic (exact) mass is 380 g/mol. The Hall–Kier alpha value is -0.370. The van der Waals surface area contributed by atoms with Crippen LogP contribution in [0.3, 0.4) is 0 Å². The van der Waals surface area contributed by atoms with Crippen LogP contribution in [0.25, 0.3) is 10.9 Å². The van der Waals surface area contributed by atoms with Crippen LogP contribution in [0.1, 0.15) is 6.42 Å². The number of nitrogens with zero attached hydrogens (tertiary/aromatic N) is 3. The number of nitrogens with two attached hydrogens (primary N) is 1. The first kappa shape index (κ1) is 11.1. The molecule has 0 saturated heterocycles. The first-order chi connectivity index (χ1) is 7.24. The number of anilines is 1. The van der Waals surface area contributed by atoms with Gasteiger partial charge in [-0.2, -0.15) is 5.10 Å². The SMILES string of the molecule is Nc1cncc2c1c(I)nn2CCCBr. The summed E-state index contributed by atoms with van der Waals surface area (Å²) in [5, 5.41) is 6.44. The summed E-state index contributed by atoms with van der Waals surface area (Å²) in [6.07, 6.45) is 4.53. The van der Waals surface area contributed by atoms with Gasteiger partial charge in [-0.15, -0.1) is 0 Å². The summed E-state index contributed by atoms with van der Waals surface area (Å²) in [7, 11) is 0. The van der Waals surface area contributed by atoms with E-state index in [9.17, 15) is 0 Å². The van der Waals surface area contributed by atoms with Crippen LogP contribution in [0, 0.1) is 3.70 Å². The van der Waals surface area contributed by atoms with Crippen molar-refractivity contribution in [1.29, 1.82) is 0 Å². The molecular weight excluding hydrogens is 371 g/mol. The highest BCUT2D eigenvalue weighted by Gasteiger charge is 2.10. The lowest BCUT2D eigenvalue weighted by atomic mass is 10.3. The Balaban J connectivity index is 2.53. The van der Waals surface area contributed by atoms with Gasteiger partial charge in [-0.25, -0.2) is 0 Å². The van der Waals surface area contributed by atoms with Crippen molar-refractivity contribution in [1.82, 2.24) is 14.8 Å². The van der Waals surface area contributed by atoms with E-state index in [1.54, 1.807) is 6.20 Å². The second-order valence-corrected chi connectivity index (χ2v) is 4.99. The van der Waals surface area contributed by atoms with Crippen LogP contribution in [0.4, 0.5) is 5.69 Å². The van der Waals surface area contributed by atoms with Crippen LogP contribution in [0.5, 0.6) is 0 Å². The fourth-order valence-corrected chi connectivity index (χ4v) is 2.57. The lowest BCUT2D eigenvalue weighted by Crippen LogP contribution is -2.00. The minimum atomic E-state index is 0.696. The van der Waals surface area contributed by atoms with Crippen molar-refractivity contribution >= 4 is 55.1 Å². The molecule has 0 radical (unpaired) electrons. The molecule has 0 bridgehead atoms. The smallest absolute Gasteiger partial charge is 0.133 e. The molecular formula is C9H10BrIN4. The predicted molar refractivity (Wildman–Crippen MR) is 73.1 cm³/mol. The molecule has 0 fully saturated rings. The van der Waals surface area contributed by atoms with Gasteiger partial charge in [0.05, 0.1) is 29.0 Å². The van der Waals surface area contributed by atoms with E-state index in [4.69, 9.17) is 5.73 Å². The van der Waals surface area contributed by atoms with Gasteiger partial charge in [0.15, 0.2) is 0 Å². The number of hydrogen-bond donors (Lipinski definition) is 1. The first-order valence-electron chi connectivity index (χ1n) is 4.55. The Bertz CT molecular complexity index is 482. The van der Waals surface area contributed by atoms with E-state index in [1.807, 2.05) is 10.9 Å². The maximum absolute atomic E-state index is 5.87. The molecule has 80 valence electrons. The Kier molecular flexibility index (Phi) is 3.45. The molecule has 15 heavy (non-hydrogen) atoms. The van der Waals surface area contributed by atoms with Gasteiger partial charge in [-0.1, -0.05) is 15.9 Å². The average molecular weight is 381 g/mol. The maximum atomic E-state index is 5.87. The van der Waals surface area contributed by atoms with E-state index in [0.29, 0.717) is 5.69 Å². The number of fused-ring (bicyclic) bond motifs is 1. The van der Waals surface area contributed by atoms with E-state index < -0.39 is 0 Å². The zero-order chi connectivity index (χ0) is 10.8. The summed E-state index contributed by atoms with van der Waals surface area (Å²) in [5.41, 5.74) is 7.58. The molecule has 0 atom stereocenters. The Morgan fingerprint density at radius 1 is 1.47 bits per heavy atom. The Morgan fingerprint density at radius 2 is 2.27 bits per heavy atom. The lowest BCUT2D eigenvalue weighted by Gasteiger charge is -2.00. The number of nitrogen functional groups attached to an aromatic ring is 1. The number of alkyl halides is 1. The predicted octanol–water partition coefficient (Wildman–Crippen LogP) is 2.40. The van der Waals surface area contributed by atoms with Crippen LogP contribution >= 0.6 is 38.5 Å². The van der Waals surface area contributed by atoms with Gasteiger partial charge in [0.1, 0.15) is 3.70 Å². The third-order valence-electron chi connectivity index (χ3n) is 2.15. The molecule has 4 nitrogen and oxygen atoms in total. The number of halogens is 2. The van der Waals surface area contributed by atoms with Crippen LogP contribution in [-0.2, 0) is 6.54 Å². The minimum Gasteiger partial charge on any atom is -0.397 e. The number of rotatable bonds is 3. The summed E-state index contributed by atoms with van der Waals surface area (Å²) < 4.78 is 2.90. The van der Waals surface area contributed by atoms with Crippen LogP contribution in [-0.4, -0.2) is 20.1 Å². The van der Waals surface area contributed by atoms with Crippen LogP contribution in [0.2, 0.25) is 0 Å². The van der Waals surface area contributed by atoms with Gasteiger partial charge in [0.2, 0.25) is 0 Å². The molecule has 2 rings (SSSR count). The fourth-order valence-electron chi connectivity index (χ4n) is 1.48. The highest BCUT2D eigenvalue weighted by molar-refractivity contribution is 14.1. The average Bonchev–Trinajstić information content (AvgIpc) is 2.54. The topological polar surface area (TPSA) is 56.7 Å². The number of pyridine rings is 1. The molecule has 0 aliphatic heterocycles. The summed E-state index contributed by atoms with van der Waals surface area (Å²) in [6, 6.07) is 0. The summed E-state index contributed by atoms with van der Waals surface area (Å²) in [6.45, 7) is 0.885. The van der Waals surface area contributed by atoms with Gasteiger partial charge >= 0.3 is 0 Å². The second kappa shape index (κ2) is 4.65. The van der Waals surface area contributed by atoms with Crippen molar-refractivity contribution in [3.8, 4) is 0 Å². The molecule has 0 aliphatic rings. The van der Waals surface area contributed by atoms with Crippen molar-refractivity contribution < 1.29 is 0 Å². The van der Waals surface area contributed by atoms with Gasteiger partial charge in [0, 0.05) is 11.9 Å². The second-order valence-electron chi connectivity index (χ2n) is 3.18. The quantitative estimate of drug-likeness (QED) is 0.657. The molecule has 2 heterocycles.